The third-order valence-electron chi connectivity index (χ3n) is 2.43. The molecule has 0 saturated heterocycles. The normalized spacial score (nSPS) is 11.6. The molecule has 0 atom stereocenters. The van der Waals surface area contributed by atoms with E-state index < -0.39 is 10.0 Å². The first kappa shape index (κ1) is 14.1. The molecule has 19 heavy (non-hydrogen) atoms. The van der Waals surface area contributed by atoms with Crippen molar-refractivity contribution in [3.8, 4) is 0 Å². The summed E-state index contributed by atoms with van der Waals surface area (Å²) in [7, 11) is -3.51. The zero-order valence-electron chi connectivity index (χ0n) is 10.1. The number of hydrogen-bond donors (Lipinski definition) is 2. The highest BCUT2D eigenvalue weighted by Crippen LogP contribution is 2.21. The van der Waals surface area contributed by atoms with E-state index in [4.69, 9.17) is 5.11 Å². The second-order valence-electron chi connectivity index (χ2n) is 3.84. The summed E-state index contributed by atoms with van der Waals surface area (Å²) in [6.07, 6.45) is 2.09. The van der Waals surface area contributed by atoms with Gasteiger partial charge in [-0.15, -0.1) is 11.3 Å². The molecule has 0 aromatic carbocycles. The molecule has 2 heterocycles. The quantitative estimate of drug-likeness (QED) is 0.838. The van der Waals surface area contributed by atoms with E-state index in [9.17, 15) is 8.42 Å². The van der Waals surface area contributed by atoms with E-state index in [1.807, 2.05) is 0 Å². The molecule has 2 N–H and O–H groups in total. The third-order valence-corrected chi connectivity index (χ3v) is 5.47. The SMILES string of the molecule is O=S(=O)(NCc1ccccn1)c1ccc(CCO)s1. The Balaban J connectivity index is 2.05. The van der Waals surface area contributed by atoms with Gasteiger partial charge >= 0.3 is 0 Å². The molecule has 5 nitrogen and oxygen atoms in total. The van der Waals surface area contributed by atoms with Crippen molar-refractivity contribution in [1.29, 1.82) is 0 Å². The monoisotopic (exact) mass is 298 g/mol. The van der Waals surface area contributed by atoms with Gasteiger partial charge in [-0.05, 0) is 24.3 Å². The molecule has 0 unspecified atom stereocenters. The van der Waals surface area contributed by atoms with Gasteiger partial charge in [0.05, 0.1) is 12.2 Å². The van der Waals surface area contributed by atoms with E-state index in [0.717, 1.165) is 4.88 Å². The minimum Gasteiger partial charge on any atom is -0.396 e. The van der Waals surface area contributed by atoms with Crippen LogP contribution in [0.5, 0.6) is 0 Å². The van der Waals surface area contributed by atoms with Crippen LogP contribution in [0.15, 0.2) is 40.7 Å². The highest BCUT2D eigenvalue weighted by atomic mass is 32.2. The summed E-state index contributed by atoms with van der Waals surface area (Å²) in [6, 6.07) is 8.61. The number of aliphatic hydroxyl groups is 1. The van der Waals surface area contributed by atoms with Crippen molar-refractivity contribution in [3.63, 3.8) is 0 Å². The van der Waals surface area contributed by atoms with Crippen LogP contribution in [0.25, 0.3) is 0 Å². The number of nitrogens with one attached hydrogen (secondary N) is 1. The van der Waals surface area contributed by atoms with Gasteiger partial charge in [0.1, 0.15) is 4.21 Å². The van der Waals surface area contributed by atoms with Gasteiger partial charge in [-0.2, -0.15) is 0 Å². The van der Waals surface area contributed by atoms with Crippen LogP contribution in [0.2, 0.25) is 0 Å². The Hall–Kier alpha value is -1.28. The molecule has 2 rings (SSSR count). The second-order valence-corrected chi connectivity index (χ2v) is 7.00. The minimum atomic E-state index is -3.51. The van der Waals surface area contributed by atoms with Gasteiger partial charge in [-0.25, -0.2) is 13.1 Å². The number of aliphatic hydroxyl groups excluding tert-OH is 1. The molecule has 0 amide bonds. The Kier molecular flexibility index (Phi) is 4.65. The van der Waals surface area contributed by atoms with Crippen LogP contribution in [-0.2, 0) is 23.0 Å². The van der Waals surface area contributed by atoms with Crippen LogP contribution in [-0.4, -0.2) is 25.1 Å². The number of rotatable bonds is 6. The number of hydrogen-bond acceptors (Lipinski definition) is 5. The summed E-state index contributed by atoms with van der Waals surface area (Å²) < 4.78 is 26.8. The molecule has 0 bridgehead atoms. The first-order chi connectivity index (χ1) is 9.12. The highest BCUT2D eigenvalue weighted by Gasteiger charge is 2.16. The van der Waals surface area contributed by atoms with Crippen LogP contribution in [0.4, 0.5) is 0 Å². The Labute approximate surface area is 116 Å². The standard InChI is InChI=1S/C12H14N2O3S2/c15-8-6-11-4-5-12(18-11)19(16,17)14-9-10-3-1-2-7-13-10/h1-5,7,14-15H,6,8-9H2. The van der Waals surface area contributed by atoms with Gasteiger partial charge in [0.25, 0.3) is 0 Å². The number of pyridine rings is 1. The average Bonchev–Trinajstić information content (AvgIpc) is 2.88. The molecule has 102 valence electrons. The lowest BCUT2D eigenvalue weighted by atomic mass is 10.4. The van der Waals surface area contributed by atoms with Crippen LogP contribution in [0.1, 0.15) is 10.6 Å². The van der Waals surface area contributed by atoms with E-state index in [0.29, 0.717) is 12.1 Å². The summed E-state index contributed by atoms with van der Waals surface area (Å²) in [5, 5.41) is 8.82. The van der Waals surface area contributed by atoms with E-state index in [-0.39, 0.29) is 17.4 Å². The minimum absolute atomic E-state index is 0.0152. The van der Waals surface area contributed by atoms with Crippen molar-refractivity contribution in [3.05, 3.63) is 47.1 Å². The lowest BCUT2D eigenvalue weighted by molar-refractivity contribution is 0.300. The molecule has 0 saturated carbocycles. The summed E-state index contributed by atoms with van der Waals surface area (Å²) in [4.78, 5) is 4.90. The fourth-order valence-corrected chi connectivity index (χ4v) is 3.88. The molecule has 0 radical (unpaired) electrons. The summed E-state index contributed by atoms with van der Waals surface area (Å²) in [5.41, 5.74) is 0.665. The van der Waals surface area contributed by atoms with Crippen LogP contribution < -0.4 is 4.72 Å². The van der Waals surface area contributed by atoms with E-state index in [1.165, 1.54) is 11.3 Å². The van der Waals surface area contributed by atoms with Gasteiger partial charge < -0.3 is 5.11 Å². The van der Waals surface area contributed by atoms with Gasteiger partial charge in [0.2, 0.25) is 10.0 Å². The van der Waals surface area contributed by atoms with Crippen molar-refractivity contribution in [2.24, 2.45) is 0 Å². The lowest BCUT2D eigenvalue weighted by Crippen LogP contribution is -2.22. The van der Waals surface area contributed by atoms with Crippen molar-refractivity contribution >= 4 is 21.4 Å². The Morgan fingerprint density at radius 1 is 1.26 bits per heavy atom. The number of thiophene rings is 1. The first-order valence-corrected chi connectivity index (χ1v) is 8.01. The van der Waals surface area contributed by atoms with Gasteiger partial charge in [-0.3, -0.25) is 4.98 Å². The van der Waals surface area contributed by atoms with Crippen LogP contribution in [0.3, 0.4) is 0 Å². The largest absolute Gasteiger partial charge is 0.396 e. The third kappa shape index (κ3) is 3.84. The fourth-order valence-electron chi connectivity index (χ4n) is 1.49. The summed E-state index contributed by atoms with van der Waals surface area (Å²) in [5.74, 6) is 0. The lowest BCUT2D eigenvalue weighted by Gasteiger charge is -2.03. The Morgan fingerprint density at radius 3 is 2.79 bits per heavy atom. The smallest absolute Gasteiger partial charge is 0.250 e. The maximum atomic E-state index is 12.0. The van der Waals surface area contributed by atoms with Crippen molar-refractivity contribution < 1.29 is 13.5 Å². The predicted octanol–water partition coefficient (Wildman–Crippen LogP) is 1.16. The van der Waals surface area contributed by atoms with Crippen LogP contribution in [0, 0.1) is 0 Å². The average molecular weight is 298 g/mol. The molecular formula is C12H14N2O3S2. The molecule has 7 heteroatoms. The molecule has 2 aromatic rings. The van der Waals surface area contributed by atoms with Gasteiger partial charge in [-0.1, -0.05) is 6.07 Å². The molecule has 0 aliphatic rings. The maximum absolute atomic E-state index is 12.0. The Bertz CT molecular complexity index is 623. The van der Waals surface area contributed by atoms with E-state index in [2.05, 4.69) is 9.71 Å². The second kappa shape index (κ2) is 6.25. The van der Waals surface area contributed by atoms with Gasteiger partial charge in [0.15, 0.2) is 0 Å². The predicted molar refractivity (Wildman–Crippen MR) is 73.4 cm³/mol. The molecule has 0 aliphatic carbocycles. The van der Waals surface area contributed by atoms with Crippen LogP contribution >= 0.6 is 11.3 Å². The first-order valence-electron chi connectivity index (χ1n) is 5.71. The summed E-state index contributed by atoms with van der Waals surface area (Å²) in [6.45, 7) is 0.178. The molecule has 0 spiro atoms. The maximum Gasteiger partial charge on any atom is 0.250 e. The van der Waals surface area contributed by atoms with Crippen molar-refractivity contribution in [2.75, 3.05) is 6.61 Å². The van der Waals surface area contributed by atoms with E-state index in [1.54, 1.807) is 36.5 Å². The Morgan fingerprint density at radius 2 is 2.11 bits per heavy atom. The van der Waals surface area contributed by atoms with Crippen molar-refractivity contribution in [2.45, 2.75) is 17.2 Å². The summed E-state index contributed by atoms with van der Waals surface area (Å²) >= 11 is 1.17. The molecule has 0 aliphatic heterocycles. The molecule has 0 fully saturated rings. The zero-order valence-corrected chi connectivity index (χ0v) is 11.7. The fraction of sp³-hybridized carbons (Fsp3) is 0.250. The highest BCUT2D eigenvalue weighted by molar-refractivity contribution is 7.91. The number of nitrogens with zero attached hydrogens (tertiary/aromatic N) is 1. The van der Waals surface area contributed by atoms with Gasteiger partial charge in [0, 0.05) is 24.1 Å². The van der Waals surface area contributed by atoms with Crippen molar-refractivity contribution in [1.82, 2.24) is 9.71 Å². The number of sulfonamides is 1. The number of aromatic nitrogens is 1. The zero-order chi connectivity index (χ0) is 13.7. The molecule has 2 aromatic heterocycles. The molecular weight excluding hydrogens is 284 g/mol. The topological polar surface area (TPSA) is 79.3 Å². The van der Waals surface area contributed by atoms with E-state index >= 15 is 0 Å².